The molecule has 1 fully saturated rings. The molecule has 1 aliphatic heterocycles. The maximum Gasteiger partial charge on any atom is 0.252 e. The smallest absolute Gasteiger partial charge is 0.252 e. The number of nitrogens with zero attached hydrogens (tertiary/aromatic N) is 2. The molecule has 0 aliphatic carbocycles. The highest BCUT2D eigenvalue weighted by Gasteiger charge is 2.63. The third-order valence-electron chi connectivity index (χ3n) is 7.58. The van der Waals surface area contributed by atoms with Crippen molar-refractivity contribution in [1.29, 1.82) is 0 Å². The Kier molecular flexibility index (Phi) is 6.96. The Labute approximate surface area is 205 Å². The molecule has 1 N–H and O–H groups in total. The Balaban J connectivity index is 1.88. The normalized spacial score (nSPS) is 23.2. The maximum atomic E-state index is 16.8. The quantitative estimate of drug-likeness (QED) is 0.509. The molecule has 168 valence electrons. The Bertz CT molecular complexity index is 1060. The van der Waals surface area contributed by atoms with E-state index in [4.69, 9.17) is 11.6 Å². The van der Waals surface area contributed by atoms with Crippen LogP contribution >= 0.6 is 11.6 Å². The molecule has 2 aromatic rings. The summed E-state index contributed by atoms with van der Waals surface area (Å²) >= 11 is 5.94. The van der Waals surface area contributed by atoms with E-state index in [9.17, 15) is 9.18 Å². The summed E-state index contributed by atoms with van der Waals surface area (Å²) in [6.07, 6.45) is 1.94. The van der Waals surface area contributed by atoms with Crippen LogP contribution in [-0.4, -0.2) is 85.8 Å². The molecule has 1 saturated heterocycles. The van der Waals surface area contributed by atoms with Gasteiger partial charge >= 0.3 is 0 Å². The van der Waals surface area contributed by atoms with Crippen LogP contribution < -0.4 is 5.32 Å². The molecule has 13 heteroatoms. The van der Waals surface area contributed by atoms with Gasteiger partial charge in [0.25, 0.3) is 5.91 Å². The lowest BCUT2D eigenvalue weighted by Crippen LogP contribution is -2.79. The topological polar surface area (TPSA) is 45.2 Å². The highest BCUT2D eigenvalue weighted by molar-refractivity contribution is 6.57. The van der Waals surface area contributed by atoms with E-state index < -0.39 is 27.4 Å². The predicted octanol–water partition coefficient (Wildman–Crippen LogP) is -2.25. The predicted molar refractivity (Wildman–Crippen MR) is 146 cm³/mol. The molecular weight excluding hydrogens is 437 g/mol. The summed E-state index contributed by atoms with van der Waals surface area (Å²) in [6, 6.07) is 7.87. The van der Waals surface area contributed by atoms with Crippen molar-refractivity contribution in [2.75, 3.05) is 6.54 Å². The minimum absolute atomic E-state index is 0.110. The molecule has 3 rings (SSSR count). The molecule has 0 spiro atoms. The number of nitrogens with one attached hydrogen (secondary N) is 1. The first-order valence-electron chi connectivity index (χ1n) is 11.2. The lowest BCUT2D eigenvalue weighted by molar-refractivity contribution is -0.00685. The van der Waals surface area contributed by atoms with Crippen LogP contribution in [0.25, 0.3) is 0 Å². The number of alkyl halides is 1. The van der Waals surface area contributed by atoms with Crippen molar-refractivity contribution in [2.24, 2.45) is 0 Å². The van der Waals surface area contributed by atoms with E-state index in [1.807, 2.05) is 66.1 Å². The number of carbonyl (C=O) groups excluding carboxylic acids is 1. The molecule has 4 nitrogen and oxygen atoms in total. The standard InChI is InChI=1S/C20H28B6ClF2N3O/c1-11-2-4-13(31-7-11)8-30-10-17(29)9-18(21,22)32(20(25,26)19(17,23)24)16(33)12-3-5-15(28)14(27)6-12/h2-7,30H,8-10,21-26H2,1H3. The summed E-state index contributed by atoms with van der Waals surface area (Å²) in [4.78, 5) is 19.7. The van der Waals surface area contributed by atoms with Crippen molar-refractivity contribution in [3.63, 3.8) is 0 Å². The molecule has 1 aromatic carbocycles. The summed E-state index contributed by atoms with van der Waals surface area (Å²) in [5.41, 5.74) is 0.612. The van der Waals surface area contributed by atoms with E-state index in [0.717, 1.165) is 11.3 Å². The number of hydrogen-bond donors (Lipinski definition) is 1. The van der Waals surface area contributed by atoms with Crippen LogP contribution in [-0.2, 0) is 6.54 Å². The summed E-state index contributed by atoms with van der Waals surface area (Å²) in [5.74, 6) is -0.874. The minimum atomic E-state index is -1.60. The molecule has 1 amide bonds. The molecular formula is C20H28B6ClF2N3O. The minimum Gasteiger partial charge on any atom is -0.360 e. The highest BCUT2D eigenvalue weighted by atomic mass is 35.5. The number of aryl methyl sites for hydroxylation is 1. The van der Waals surface area contributed by atoms with Crippen molar-refractivity contribution >= 4 is 64.6 Å². The second kappa shape index (κ2) is 8.84. The third kappa shape index (κ3) is 4.66. The van der Waals surface area contributed by atoms with Crippen LogP contribution in [0, 0.1) is 12.7 Å². The molecule has 1 atom stereocenters. The number of pyridine rings is 1. The highest BCUT2D eigenvalue weighted by Crippen LogP contribution is 2.54. The molecule has 0 radical (unpaired) electrons. The largest absolute Gasteiger partial charge is 0.360 e. The van der Waals surface area contributed by atoms with Crippen LogP contribution in [0.4, 0.5) is 8.78 Å². The number of likely N-dealkylation sites (tertiary alicyclic amines) is 1. The zero-order valence-corrected chi connectivity index (χ0v) is 21.3. The van der Waals surface area contributed by atoms with Crippen molar-refractivity contribution in [3.05, 3.63) is 64.2 Å². The first-order chi connectivity index (χ1) is 15.1. The third-order valence-corrected chi connectivity index (χ3v) is 7.87. The van der Waals surface area contributed by atoms with E-state index in [1.165, 1.54) is 18.2 Å². The van der Waals surface area contributed by atoms with Gasteiger partial charge in [0.15, 0.2) is 0 Å². The van der Waals surface area contributed by atoms with Crippen molar-refractivity contribution in [1.82, 2.24) is 15.2 Å². The zero-order valence-electron chi connectivity index (χ0n) is 20.5. The number of hydrogen-bond acceptors (Lipinski definition) is 3. The second-order valence-electron chi connectivity index (χ2n) is 10.8. The molecule has 0 bridgehead atoms. The van der Waals surface area contributed by atoms with Crippen LogP contribution in [0.1, 0.15) is 28.0 Å². The summed E-state index contributed by atoms with van der Waals surface area (Å²) in [6.45, 7) is 2.56. The number of carbonyl (C=O) groups is 1. The summed E-state index contributed by atoms with van der Waals surface area (Å²) in [7, 11) is 11.3. The number of benzene rings is 1. The molecule has 1 aromatic heterocycles. The Hall–Kier alpha value is -1.66. The average Bonchev–Trinajstić information content (AvgIpc) is 2.69. The van der Waals surface area contributed by atoms with Crippen LogP contribution in [0.15, 0.2) is 36.5 Å². The van der Waals surface area contributed by atoms with Gasteiger partial charge in [0, 0.05) is 24.8 Å². The van der Waals surface area contributed by atoms with Gasteiger partial charge in [-0.25, -0.2) is 8.78 Å². The lowest BCUT2D eigenvalue weighted by Gasteiger charge is -2.67. The first kappa shape index (κ1) is 26.0. The molecule has 33 heavy (non-hydrogen) atoms. The van der Waals surface area contributed by atoms with Gasteiger partial charge in [-0.2, -0.15) is 0 Å². The molecule has 0 saturated carbocycles. The van der Waals surface area contributed by atoms with Gasteiger partial charge in [0.2, 0.25) is 0 Å². The van der Waals surface area contributed by atoms with E-state index in [1.54, 1.807) is 11.1 Å². The number of aromatic nitrogens is 1. The fourth-order valence-electron chi connectivity index (χ4n) is 5.13. The average molecular weight is 465 g/mol. The van der Waals surface area contributed by atoms with E-state index in [2.05, 4.69) is 10.3 Å². The monoisotopic (exact) mass is 465 g/mol. The van der Waals surface area contributed by atoms with Crippen LogP contribution in [0.2, 0.25) is 10.2 Å². The van der Waals surface area contributed by atoms with Crippen LogP contribution in [0.5, 0.6) is 0 Å². The van der Waals surface area contributed by atoms with Gasteiger partial charge in [-0.05, 0) is 59.1 Å². The molecule has 1 unspecified atom stereocenters. The van der Waals surface area contributed by atoms with Crippen molar-refractivity contribution < 1.29 is 13.6 Å². The number of amides is 1. The van der Waals surface area contributed by atoms with E-state index in [-0.39, 0.29) is 29.5 Å². The van der Waals surface area contributed by atoms with Crippen molar-refractivity contribution in [3.8, 4) is 0 Å². The van der Waals surface area contributed by atoms with Crippen molar-refractivity contribution in [2.45, 2.75) is 41.4 Å². The van der Waals surface area contributed by atoms with Gasteiger partial charge in [-0.15, -0.1) is 0 Å². The fraction of sp³-hybridized carbons (Fsp3) is 0.400. The van der Waals surface area contributed by atoms with E-state index >= 15 is 4.39 Å². The lowest BCUT2D eigenvalue weighted by atomic mass is 9.24. The first-order valence-corrected chi connectivity index (χ1v) is 11.6. The Morgan fingerprint density at radius 3 is 2.42 bits per heavy atom. The second-order valence-corrected chi connectivity index (χ2v) is 11.2. The number of piperidine rings is 1. The molecule has 1 aliphatic rings. The Morgan fingerprint density at radius 1 is 1.18 bits per heavy atom. The maximum absolute atomic E-state index is 16.8. The van der Waals surface area contributed by atoms with Crippen LogP contribution in [0.3, 0.4) is 0 Å². The fourth-order valence-corrected chi connectivity index (χ4v) is 5.31. The zero-order chi connectivity index (χ0) is 24.8. The number of rotatable bonds is 5. The van der Waals surface area contributed by atoms with Gasteiger partial charge in [0.1, 0.15) is 58.6 Å². The van der Waals surface area contributed by atoms with Gasteiger partial charge in [-0.1, -0.05) is 17.7 Å². The van der Waals surface area contributed by atoms with Gasteiger partial charge in [-0.3, -0.25) is 9.78 Å². The molecule has 2 heterocycles. The van der Waals surface area contributed by atoms with E-state index in [0.29, 0.717) is 6.54 Å². The Morgan fingerprint density at radius 2 is 1.85 bits per heavy atom. The number of halogens is 3. The summed E-state index contributed by atoms with van der Waals surface area (Å²) in [5, 5.41) is 0.590. The van der Waals surface area contributed by atoms with Gasteiger partial charge in [0.05, 0.1) is 10.7 Å². The summed E-state index contributed by atoms with van der Waals surface area (Å²) < 4.78 is 30.4. The van der Waals surface area contributed by atoms with Gasteiger partial charge < -0.3 is 10.2 Å². The SMILES string of the molecule is BC1(B)CC(F)(CNCc2ccc(C)cn2)C(B)(B)C(B)(B)N1C(=O)c1ccc(F)c(Cl)c1.